The van der Waals surface area contributed by atoms with Crippen molar-refractivity contribution in [1.82, 2.24) is 0 Å². The van der Waals surface area contributed by atoms with Crippen LogP contribution in [0.5, 0.6) is 5.75 Å². The van der Waals surface area contributed by atoms with Gasteiger partial charge in [-0.2, -0.15) is 4.72 Å². The Morgan fingerprint density at radius 2 is 1.87 bits per heavy atom. The second-order valence-electron chi connectivity index (χ2n) is 7.68. The summed E-state index contributed by atoms with van der Waals surface area (Å²) >= 11 is 0. The molecule has 0 spiro atoms. The van der Waals surface area contributed by atoms with E-state index in [0.717, 1.165) is 36.1 Å². The van der Waals surface area contributed by atoms with Gasteiger partial charge in [-0.05, 0) is 85.7 Å². The number of furan rings is 1. The average Bonchev–Trinajstić information content (AvgIpc) is 3.40. The highest BCUT2D eigenvalue weighted by Gasteiger charge is 2.21. The number of methoxy groups -OCH3 is 1. The van der Waals surface area contributed by atoms with E-state index in [9.17, 15) is 9.00 Å². The molecule has 1 aliphatic rings. The van der Waals surface area contributed by atoms with Crippen LogP contribution < -0.4 is 9.46 Å². The van der Waals surface area contributed by atoms with E-state index < -0.39 is 11.0 Å². The molecule has 0 aliphatic heterocycles. The second kappa shape index (κ2) is 8.98. The highest BCUT2D eigenvalue weighted by Crippen LogP contribution is 2.35. The Hall–Kier alpha value is -3.06. The van der Waals surface area contributed by atoms with Crippen LogP contribution >= 0.6 is 0 Å². The van der Waals surface area contributed by atoms with Gasteiger partial charge in [0, 0.05) is 6.07 Å². The minimum atomic E-state index is -1.94. The summed E-state index contributed by atoms with van der Waals surface area (Å²) in [4.78, 5) is 11.7. The van der Waals surface area contributed by atoms with E-state index in [-0.39, 0.29) is 5.97 Å². The van der Waals surface area contributed by atoms with Gasteiger partial charge in [0.2, 0.25) is 11.0 Å². The predicted octanol–water partition coefficient (Wildman–Crippen LogP) is 4.83. The number of benzene rings is 2. The summed E-state index contributed by atoms with van der Waals surface area (Å²) in [5, 5.41) is 0.410. The zero-order valence-electron chi connectivity index (χ0n) is 17.9. The first kappa shape index (κ1) is 21.2. The maximum atomic E-state index is 12.8. The van der Waals surface area contributed by atoms with Crippen LogP contribution in [0.3, 0.4) is 0 Å². The molecule has 1 N–H and O–H groups in total. The van der Waals surface area contributed by atoms with Crippen molar-refractivity contribution in [3.8, 4) is 5.75 Å². The fraction of sp³-hybridized carbons (Fsp3) is 0.292. The van der Waals surface area contributed by atoms with Gasteiger partial charge in [-0.15, -0.1) is 0 Å². The van der Waals surface area contributed by atoms with Gasteiger partial charge in [0.05, 0.1) is 12.7 Å². The molecule has 0 saturated heterocycles. The van der Waals surface area contributed by atoms with Gasteiger partial charge in [0.15, 0.2) is 0 Å². The van der Waals surface area contributed by atoms with E-state index in [0.29, 0.717) is 28.7 Å². The summed E-state index contributed by atoms with van der Waals surface area (Å²) in [6.45, 7) is 4.09. The molecule has 0 radical (unpaired) electrons. The van der Waals surface area contributed by atoms with Gasteiger partial charge in [-0.25, -0.2) is 4.79 Å². The molecular weight excluding hydrogens is 414 g/mol. The summed E-state index contributed by atoms with van der Waals surface area (Å²) in [6.07, 6.45) is 3.13. The third-order valence-electron chi connectivity index (χ3n) is 5.49. The molecule has 4 rings (SSSR count). The lowest BCUT2D eigenvalue weighted by Crippen LogP contribution is -2.08. The standard InChI is InChI=1S/C24H25NO5S/c1-15-11-19(24(26)28-3)8-9-20(15)14-29-22-13-18-6-4-5-17(18)12-21(22)25-31(27)23-10-7-16(2)30-23/h7-13H,4-6,14H2,1-3H3,(H,25,27)/p+1. The zero-order valence-corrected chi connectivity index (χ0v) is 18.8. The summed E-state index contributed by atoms with van der Waals surface area (Å²) in [6, 6.07) is 13.0. The maximum absolute atomic E-state index is 12.8. The van der Waals surface area contributed by atoms with Gasteiger partial charge in [-0.1, -0.05) is 10.3 Å². The van der Waals surface area contributed by atoms with Crippen LogP contribution in [0.2, 0.25) is 0 Å². The molecule has 6 nitrogen and oxygen atoms in total. The first-order valence-corrected chi connectivity index (χ1v) is 11.5. The molecule has 162 valence electrons. The minimum Gasteiger partial charge on any atom is -0.487 e. The molecule has 0 amide bonds. The number of rotatable bonds is 7. The van der Waals surface area contributed by atoms with Crippen LogP contribution in [0.15, 0.2) is 52.0 Å². The van der Waals surface area contributed by atoms with Crippen LogP contribution in [0.4, 0.5) is 5.69 Å². The Bertz CT molecular complexity index is 1150. The van der Waals surface area contributed by atoms with Crippen LogP contribution in [-0.4, -0.2) is 13.1 Å². The minimum absolute atomic E-state index is 0.331. The highest BCUT2D eigenvalue weighted by molar-refractivity contribution is 7.86. The van der Waals surface area contributed by atoms with Crippen molar-refractivity contribution < 1.29 is 22.9 Å². The summed E-state index contributed by atoms with van der Waals surface area (Å²) in [5.41, 5.74) is 5.63. The van der Waals surface area contributed by atoms with Crippen molar-refractivity contribution in [1.29, 1.82) is 0 Å². The number of thiol groups is 1. The largest absolute Gasteiger partial charge is 0.487 e. The number of anilines is 1. The van der Waals surface area contributed by atoms with Gasteiger partial charge in [0.25, 0.3) is 0 Å². The lowest BCUT2D eigenvalue weighted by Gasteiger charge is -2.14. The molecule has 0 fully saturated rings. The molecule has 1 atom stereocenters. The lowest BCUT2D eigenvalue weighted by atomic mass is 10.1. The number of ether oxygens (including phenoxy) is 2. The third kappa shape index (κ3) is 4.66. The van der Waals surface area contributed by atoms with Crippen molar-refractivity contribution in [2.24, 2.45) is 0 Å². The van der Waals surface area contributed by atoms with E-state index in [2.05, 4.69) is 4.72 Å². The van der Waals surface area contributed by atoms with Crippen LogP contribution in [-0.2, 0) is 39.4 Å². The number of carbonyl (C=O) groups excluding carboxylic acids is 1. The van der Waals surface area contributed by atoms with E-state index >= 15 is 0 Å². The van der Waals surface area contributed by atoms with Crippen molar-refractivity contribution in [3.63, 3.8) is 0 Å². The van der Waals surface area contributed by atoms with Gasteiger partial charge >= 0.3 is 11.1 Å². The quantitative estimate of drug-likeness (QED) is 0.323. The smallest absolute Gasteiger partial charge is 0.338 e. The molecule has 3 aromatic rings. The van der Waals surface area contributed by atoms with Crippen LogP contribution in [0.25, 0.3) is 0 Å². The first-order chi connectivity index (χ1) is 14.9. The second-order valence-corrected chi connectivity index (χ2v) is 8.94. The normalized spacial score (nSPS) is 13.5. The molecular formula is C24H26NO5S+. The number of esters is 1. The predicted molar refractivity (Wildman–Crippen MR) is 120 cm³/mol. The summed E-state index contributed by atoms with van der Waals surface area (Å²) in [7, 11) is -0.570. The Balaban J connectivity index is 1.56. The zero-order chi connectivity index (χ0) is 22.0. The van der Waals surface area contributed by atoms with Crippen molar-refractivity contribution >= 4 is 22.6 Å². The lowest BCUT2D eigenvalue weighted by molar-refractivity contribution is 0.0600. The number of aryl methyl sites for hydroxylation is 4. The fourth-order valence-corrected chi connectivity index (χ4v) is 4.70. The SMILES string of the molecule is COC(=O)c1ccc(COc2cc3c(cc2N[SH+](=O)c2ccc(C)o2)CCC3)c(C)c1. The molecule has 1 heterocycles. The first-order valence-electron chi connectivity index (χ1n) is 10.2. The Kier molecular flexibility index (Phi) is 6.13. The average molecular weight is 441 g/mol. The monoisotopic (exact) mass is 440 g/mol. The van der Waals surface area contributed by atoms with Gasteiger partial charge in [-0.3, -0.25) is 0 Å². The molecule has 0 saturated carbocycles. The third-order valence-corrected chi connectivity index (χ3v) is 6.57. The highest BCUT2D eigenvalue weighted by atomic mass is 32.2. The van der Waals surface area contributed by atoms with E-state index in [1.165, 1.54) is 18.2 Å². The van der Waals surface area contributed by atoms with Crippen molar-refractivity contribution in [2.45, 2.75) is 44.8 Å². The van der Waals surface area contributed by atoms with E-state index in [1.807, 2.05) is 32.0 Å². The molecule has 1 aromatic heterocycles. The van der Waals surface area contributed by atoms with Crippen molar-refractivity contribution in [3.05, 3.63) is 76.0 Å². The number of hydrogen-bond donors (Lipinski definition) is 1. The fourth-order valence-electron chi connectivity index (χ4n) is 3.76. The number of fused-ring (bicyclic) bond motifs is 1. The Labute approximate surface area is 184 Å². The molecule has 2 aromatic carbocycles. The van der Waals surface area contributed by atoms with Crippen molar-refractivity contribution in [2.75, 3.05) is 11.8 Å². The van der Waals surface area contributed by atoms with Crippen LogP contribution in [0, 0.1) is 13.8 Å². The maximum Gasteiger partial charge on any atom is 0.338 e. The molecule has 1 unspecified atom stereocenters. The van der Waals surface area contributed by atoms with Crippen LogP contribution in [0.1, 0.15) is 44.8 Å². The summed E-state index contributed by atoms with van der Waals surface area (Å²) in [5.74, 6) is 1.01. The Morgan fingerprint density at radius 1 is 1.10 bits per heavy atom. The van der Waals surface area contributed by atoms with Gasteiger partial charge < -0.3 is 13.9 Å². The molecule has 7 heteroatoms. The molecule has 1 aliphatic carbocycles. The summed E-state index contributed by atoms with van der Waals surface area (Å²) < 4.78 is 32.3. The number of hydrogen-bond acceptors (Lipinski definition) is 5. The van der Waals surface area contributed by atoms with E-state index in [4.69, 9.17) is 13.9 Å². The van der Waals surface area contributed by atoms with E-state index in [1.54, 1.807) is 24.3 Å². The topological polar surface area (TPSA) is 77.8 Å². The molecule has 31 heavy (non-hydrogen) atoms. The number of carbonyl (C=O) groups is 1. The molecule has 0 bridgehead atoms. The van der Waals surface area contributed by atoms with Gasteiger partial charge in [0.1, 0.15) is 23.8 Å². The number of nitrogens with one attached hydrogen (secondary N) is 1. The Morgan fingerprint density at radius 3 is 2.55 bits per heavy atom.